The van der Waals surface area contributed by atoms with Gasteiger partial charge in [0.1, 0.15) is 5.82 Å². The zero-order chi connectivity index (χ0) is 12.4. The quantitative estimate of drug-likeness (QED) is 0.682. The van der Waals surface area contributed by atoms with Crippen LogP contribution in [0.25, 0.3) is 0 Å². The van der Waals surface area contributed by atoms with Crippen LogP contribution in [0, 0.1) is 5.82 Å². The molecule has 0 aromatic heterocycles. The fourth-order valence-corrected chi connectivity index (χ4v) is 2.36. The van der Waals surface area contributed by atoms with Crippen molar-refractivity contribution >= 4 is 5.91 Å². The minimum atomic E-state index is -0.209. The molecule has 0 fully saturated rings. The van der Waals surface area contributed by atoms with Crippen molar-refractivity contribution in [2.75, 3.05) is 13.1 Å². The topological polar surface area (TPSA) is 20.3 Å². The average molecular weight is 233 g/mol. The number of benzene rings is 1. The largest absolute Gasteiger partial charge is 0.338 e. The standard InChI is InChI=1S/C14H16FNO/c1-3-14(17)16-7-6-11-4-5-12(15)8-13(11)10(2)9-16/h3-5,8,10H,1,6-7,9H2,2H3. The van der Waals surface area contributed by atoms with Crippen LogP contribution in [-0.2, 0) is 11.2 Å². The Labute approximate surface area is 101 Å². The van der Waals surface area contributed by atoms with E-state index in [0.29, 0.717) is 13.1 Å². The van der Waals surface area contributed by atoms with E-state index in [9.17, 15) is 9.18 Å². The molecule has 3 heteroatoms. The molecule has 1 unspecified atom stereocenters. The van der Waals surface area contributed by atoms with Gasteiger partial charge < -0.3 is 4.90 Å². The molecule has 2 rings (SSSR count). The third-order valence-corrected chi connectivity index (χ3v) is 3.27. The summed E-state index contributed by atoms with van der Waals surface area (Å²) < 4.78 is 13.2. The molecule has 0 saturated carbocycles. The number of carbonyl (C=O) groups excluding carboxylic acids is 1. The molecule has 1 heterocycles. The second-order valence-corrected chi connectivity index (χ2v) is 4.48. The lowest BCUT2D eigenvalue weighted by Crippen LogP contribution is -2.32. The Morgan fingerprint density at radius 3 is 3.06 bits per heavy atom. The van der Waals surface area contributed by atoms with Gasteiger partial charge in [-0.3, -0.25) is 4.79 Å². The first kappa shape index (κ1) is 11.8. The van der Waals surface area contributed by atoms with E-state index in [2.05, 4.69) is 6.58 Å². The third-order valence-electron chi connectivity index (χ3n) is 3.27. The number of carbonyl (C=O) groups is 1. The van der Waals surface area contributed by atoms with E-state index in [-0.39, 0.29) is 17.6 Å². The summed E-state index contributed by atoms with van der Waals surface area (Å²) in [6, 6.07) is 4.89. The van der Waals surface area contributed by atoms with Gasteiger partial charge in [0.25, 0.3) is 0 Å². The highest BCUT2D eigenvalue weighted by molar-refractivity contribution is 5.87. The molecule has 90 valence electrons. The molecule has 0 bridgehead atoms. The van der Waals surface area contributed by atoms with Crippen LogP contribution in [0.15, 0.2) is 30.9 Å². The van der Waals surface area contributed by atoms with Gasteiger partial charge in [0.05, 0.1) is 0 Å². The molecular formula is C14H16FNO. The first-order valence-corrected chi connectivity index (χ1v) is 5.81. The van der Waals surface area contributed by atoms with Gasteiger partial charge in [-0.1, -0.05) is 19.6 Å². The smallest absolute Gasteiger partial charge is 0.245 e. The van der Waals surface area contributed by atoms with Gasteiger partial charge in [-0.25, -0.2) is 4.39 Å². The van der Waals surface area contributed by atoms with Crippen LogP contribution in [0.5, 0.6) is 0 Å². The number of rotatable bonds is 1. The second kappa shape index (κ2) is 4.70. The molecule has 0 aliphatic carbocycles. The Morgan fingerprint density at radius 2 is 2.35 bits per heavy atom. The van der Waals surface area contributed by atoms with Crippen LogP contribution in [0.4, 0.5) is 4.39 Å². The Bertz CT molecular complexity index is 456. The van der Waals surface area contributed by atoms with E-state index < -0.39 is 0 Å². The highest BCUT2D eigenvalue weighted by atomic mass is 19.1. The number of amides is 1. The van der Waals surface area contributed by atoms with E-state index in [0.717, 1.165) is 17.5 Å². The van der Waals surface area contributed by atoms with E-state index in [1.54, 1.807) is 11.0 Å². The molecule has 1 aliphatic heterocycles. The van der Waals surface area contributed by atoms with Gasteiger partial charge in [-0.2, -0.15) is 0 Å². The molecule has 2 nitrogen and oxygen atoms in total. The fraction of sp³-hybridized carbons (Fsp3) is 0.357. The van der Waals surface area contributed by atoms with Crippen molar-refractivity contribution in [3.63, 3.8) is 0 Å². The summed E-state index contributed by atoms with van der Waals surface area (Å²) in [5.41, 5.74) is 2.16. The highest BCUT2D eigenvalue weighted by Crippen LogP contribution is 2.26. The second-order valence-electron chi connectivity index (χ2n) is 4.48. The first-order chi connectivity index (χ1) is 8.11. The van der Waals surface area contributed by atoms with Crippen molar-refractivity contribution in [1.29, 1.82) is 0 Å². The van der Waals surface area contributed by atoms with Gasteiger partial charge in [0, 0.05) is 13.1 Å². The molecule has 1 amide bonds. The Hall–Kier alpha value is -1.64. The number of fused-ring (bicyclic) bond motifs is 1. The summed E-state index contributed by atoms with van der Waals surface area (Å²) in [5, 5.41) is 0. The Kier molecular flexibility index (Phi) is 3.27. The van der Waals surface area contributed by atoms with Crippen molar-refractivity contribution in [2.24, 2.45) is 0 Å². The van der Waals surface area contributed by atoms with Crippen molar-refractivity contribution in [3.8, 4) is 0 Å². The molecule has 17 heavy (non-hydrogen) atoms. The molecule has 1 atom stereocenters. The lowest BCUT2D eigenvalue weighted by Gasteiger charge is -2.21. The van der Waals surface area contributed by atoms with Crippen LogP contribution >= 0.6 is 0 Å². The zero-order valence-corrected chi connectivity index (χ0v) is 9.95. The van der Waals surface area contributed by atoms with E-state index >= 15 is 0 Å². The molecule has 0 radical (unpaired) electrons. The number of halogens is 1. The Balaban J connectivity index is 2.29. The van der Waals surface area contributed by atoms with Crippen LogP contribution in [0.3, 0.4) is 0 Å². The maximum atomic E-state index is 13.2. The van der Waals surface area contributed by atoms with Crippen molar-refractivity contribution in [1.82, 2.24) is 4.90 Å². The first-order valence-electron chi connectivity index (χ1n) is 5.81. The summed E-state index contributed by atoms with van der Waals surface area (Å²) >= 11 is 0. The van der Waals surface area contributed by atoms with Crippen molar-refractivity contribution in [2.45, 2.75) is 19.3 Å². The normalized spacial score (nSPS) is 19.4. The Morgan fingerprint density at radius 1 is 1.59 bits per heavy atom. The lowest BCUT2D eigenvalue weighted by atomic mass is 9.95. The van der Waals surface area contributed by atoms with Crippen LogP contribution in [0.2, 0.25) is 0 Å². The van der Waals surface area contributed by atoms with E-state index in [1.165, 1.54) is 12.1 Å². The minimum Gasteiger partial charge on any atom is -0.338 e. The van der Waals surface area contributed by atoms with Crippen LogP contribution in [0.1, 0.15) is 24.0 Å². The summed E-state index contributed by atoms with van der Waals surface area (Å²) in [4.78, 5) is 13.4. The van der Waals surface area contributed by atoms with Gasteiger partial charge in [-0.15, -0.1) is 0 Å². The molecule has 0 spiro atoms. The van der Waals surface area contributed by atoms with Crippen molar-refractivity contribution < 1.29 is 9.18 Å². The van der Waals surface area contributed by atoms with E-state index in [1.807, 2.05) is 13.0 Å². The number of hydrogen-bond acceptors (Lipinski definition) is 1. The molecule has 0 N–H and O–H groups in total. The van der Waals surface area contributed by atoms with Gasteiger partial charge in [-0.05, 0) is 41.7 Å². The van der Waals surface area contributed by atoms with Crippen LogP contribution in [-0.4, -0.2) is 23.9 Å². The molecular weight excluding hydrogens is 217 g/mol. The maximum Gasteiger partial charge on any atom is 0.245 e. The maximum absolute atomic E-state index is 13.2. The molecule has 1 aliphatic rings. The summed E-state index contributed by atoms with van der Waals surface area (Å²) in [6.07, 6.45) is 2.11. The summed E-state index contributed by atoms with van der Waals surface area (Å²) in [7, 11) is 0. The zero-order valence-electron chi connectivity index (χ0n) is 9.95. The molecule has 1 aromatic rings. The lowest BCUT2D eigenvalue weighted by molar-refractivity contribution is -0.126. The fourth-order valence-electron chi connectivity index (χ4n) is 2.36. The van der Waals surface area contributed by atoms with Gasteiger partial charge in [0.15, 0.2) is 0 Å². The number of hydrogen-bond donors (Lipinski definition) is 0. The van der Waals surface area contributed by atoms with Gasteiger partial charge >= 0.3 is 0 Å². The third kappa shape index (κ3) is 2.38. The summed E-state index contributed by atoms with van der Waals surface area (Å²) in [6.45, 7) is 6.83. The monoisotopic (exact) mass is 233 g/mol. The highest BCUT2D eigenvalue weighted by Gasteiger charge is 2.22. The SMILES string of the molecule is C=CC(=O)N1CCc2ccc(F)cc2C(C)C1. The van der Waals surface area contributed by atoms with Crippen LogP contribution < -0.4 is 0 Å². The average Bonchev–Trinajstić information content (AvgIpc) is 2.48. The minimum absolute atomic E-state index is 0.0508. The van der Waals surface area contributed by atoms with E-state index in [4.69, 9.17) is 0 Å². The predicted molar refractivity (Wildman–Crippen MR) is 65.3 cm³/mol. The predicted octanol–water partition coefficient (Wildman–Crippen LogP) is 2.50. The molecule has 0 saturated heterocycles. The van der Waals surface area contributed by atoms with Gasteiger partial charge in [0.2, 0.25) is 5.91 Å². The summed E-state index contributed by atoms with van der Waals surface area (Å²) in [5.74, 6) is -0.101. The number of nitrogens with zero attached hydrogens (tertiary/aromatic N) is 1. The molecule has 1 aromatic carbocycles. The van der Waals surface area contributed by atoms with Crippen molar-refractivity contribution in [3.05, 3.63) is 47.8 Å².